The molecule has 0 aliphatic carbocycles. The Morgan fingerprint density at radius 2 is 2.00 bits per heavy atom. The minimum atomic E-state index is 0.646. The average molecular weight is 240 g/mol. The number of hydrogen-bond acceptors (Lipinski definition) is 4. The highest BCUT2D eigenvalue weighted by Gasteiger charge is 2.15. The van der Waals surface area contributed by atoms with Gasteiger partial charge in [-0.1, -0.05) is 30.3 Å². The van der Waals surface area contributed by atoms with Crippen molar-refractivity contribution < 1.29 is 0 Å². The van der Waals surface area contributed by atoms with Crippen LogP contribution in [-0.4, -0.2) is 16.5 Å². The summed E-state index contributed by atoms with van der Waals surface area (Å²) in [5.41, 5.74) is 9.40. The number of rotatable bonds is 2. The zero-order valence-corrected chi connectivity index (χ0v) is 10.2. The first-order valence-electron chi connectivity index (χ1n) is 6.22. The van der Waals surface area contributed by atoms with Gasteiger partial charge in [-0.05, 0) is 18.5 Å². The van der Waals surface area contributed by atoms with Gasteiger partial charge in [0.1, 0.15) is 11.6 Å². The summed E-state index contributed by atoms with van der Waals surface area (Å²) in [5, 5.41) is 3.31. The number of aromatic nitrogens is 2. The monoisotopic (exact) mass is 240 g/mol. The van der Waals surface area contributed by atoms with Gasteiger partial charge in [0.05, 0.1) is 5.69 Å². The molecule has 1 aliphatic heterocycles. The Bertz CT molecular complexity index is 551. The van der Waals surface area contributed by atoms with Crippen LogP contribution in [0.1, 0.15) is 22.6 Å². The lowest BCUT2D eigenvalue weighted by Gasteiger charge is -2.18. The van der Waals surface area contributed by atoms with Crippen LogP contribution >= 0.6 is 0 Å². The molecule has 0 amide bonds. The maximum Gasteiger partial charge on any atom is 0.135 e. The minimum Gasteiger partial charge on any atom is -0.383 e. The predicted molar refractivity (Wildman–Crippen MR) is 71.1 cm³/mol. The minimum absolute atomic E-state index is 0.646. The largest absolute Gasteiger partial charge is 0.383 e. The fourth-order valence-electron chi connectivity index (χ4n) is 2.30. The van der Waals surface area contributed by atoms with Crippen LogP contribution in [0.2, 0.25) is 0 Å². The third-order valence-corrected chi connectivity index (χ3v) is 3.22. The van der Waals surface area contributed by atoms with Gasteiger partial charge in [0.2, 0.25) is 0 Å². The molecule has 1 aromatic heterocycles. The molecular formula is C14H16N4. The number of fused-ring (bicyclic) bond motifs is 1. The van der Waals surface area contributed by atoms with E-state index in [1.807, 2.05) is 18.2 Å². The molecular weight excluding hydrogens is 224 g/mol. The summed E-state index contributed by atoms with van der Waals surface area (Å²) in [7, 11) is 0. The van der Waals surface area contributed by atoms with Gasteiger partial charge in [-0.25, -0.2) is 9.97 Å². The predicted octanol–water partition coefficient (Wildman–Crippen LogP) is 1.30. The Morgan fingerprint density at radius 1 is 1.17 bits per heavy atom. The fraction of sp³-hybridized carbons (Fsp3) is 0.286. The molecule has 1 aromatic carbocycles. The van der Waals surface area contributed by atoms with E-state index in [2.05, 4.69) is 27.4 Å². The summed E-state index contributed by atoms with van der Waals surface area (Å²) in [6, 6.07) is 10.2. The molecule has 1 aliphatic rings. The number of nitrogens with one attached hydrogen (secondary N) is 1. The van der Waals surface area contributed by atoms with E-state index in [4.69, 9.17) is 5.73 Å². The van der Waals surface area contributed by atoms with E-state index in [9.17, 15) is 0 Å². The molecule has 18 heavy (non-hydrogen) atoms. The molecule has 0 radical (unpaired) electrons. The number of hydrogen-bond donors (Lipinski definition) is 2. The Balaban J connectivity index is 1.91. The van der Waals surface area contributed by atoms with Crippen molar-refractivity contribution in [3.05, 3.63) is 53.0 Å². The van der Waals surface area contributed by atoms with E-state index in [1.54, 1.807) is 0 Å². The van der Waals surface area contributed by atoms with Crippen LogP contribution < -0.4 is 11.1 Å². The molecule has 0 atom stereocenters. The standard InChI is InChI=1S/C14H16N4/c15-14-11-6-7-16-9-12(11)17-13(18-14)8-10-4-2-1-3-5-10/h1-5,16H,6-9H2,(H2,15,17,18). The van der Waals surface area contributed by atoms with Crippen LogP contribution in [0.15, 0.2) is 30.3 Å². The lowest BCUT2D eigenvalue weighted by atomic mass is 10.1. The van der Waals surface area contributed by atoms with E-state index >= 15 is 0 Å². The molecule has 3 N–H and O–H groups in total. The molecule has 4 nitrogen and oxygen atoms in total. The molecule has 4 heteroatoms. The van der Waals surface area contributed by atoms with Crippen LogP contribution in [0.25, 0.3) is 0 Å². The summed E-state index contributed by atoms with van der Waals surface area (Å²) >= 11 is 0. The second-order valence-corrected chi connectivity index (χ2v) is 4.54. The summed E-state index contributed by atoms with van der Waals surface area (Å²) in [6.45, 7) is 1.75. The molecule has 0 fully saturated rings. The van der Waals surface area contributed by atoms with Crippen LogP contribution in [0.3, 0.4) is 0 Å². The van der Waals surface area contributed by atoms with Crippen molar-refractivity contribution in [2.45, 2.75) is 19.4 Å². The first kappa shape index (κ1) is 11.2. The molecule has 92 valence electrons. The number of nitrogens with zero attached hydrogens (tertiary/aromatic N) is 2. The maximum atomic E-state index is 6.02. The Morgan fingerprint density at radius 3 is 2.83 bits per heavy atom. The van der Waals surface area contributed by atoms with Crippen molar-refractivity contribution in [1.29, 1.82) is 0 Å². The maximum absolute atomic E-state index is 6.02. The lowest BCUT2D eigenvalue weighted by molar-refractivity contribution is 0.620. The topological polar surface area (TPSA) is 63.8 Å². The van der Waals surface area contributed by atoms with Crippen molar-refractivity contribution in [2.24, 2.45) is 0 Å². The van der Waals surface area contributed by atoms with E-state index in [0.717, 1.165) is 43.0 Å². The van der Waals surface area contributed by atoms with Gasteiger partial charge in [-0.3, -0.25) is 0 Å². The van der Waals surface area contributed by atoms with Crippen molar-refractivity contribution in [2.75, 3.05) is 12.3 Å². The van der Waals surface area contributed by atoms with E-state index in [0.29, 0.717) is 5.82 Å². The quantitative estimate of drug-likeness (QED) is 0.830. The normalized spacial score (nSPS) is 14.2. The molecule has 0 saturated carbocycles. The second kappa shape index (κ2) is 4.74. The molecule has 0 bridgehead atoms. The second-order valence-electron chi connectivity index (χ2n) is 4.54. The zero-order valence-electron chi connectivity index (χ0n) is 10.2. The van der Waals surface area contributed by atoms with E-state index < -0.39 is 0 Å². The van der Waals surface area contributed by atoms with Crippen LogP contribution in [0.4, 0.5) is 5.82 Å². The van der Waals surface area contributed by atoms with Crippen molar-refractivity contribution >= 4 is 5.82 Å². The van der Waals surface area contributed by atoms with Gasteiger partial charge in [-0.15, -0.1) is 0 Å². The molecule has 0 saturated heterocycles. The van der Waals surface area contributed by atoms with Gasteiger partial charge < -0.3 is 11.1 Å². The number of benzene rings is 1. The summed E-state index contributed by atoms with van der Waals surface area (Å²) in [6.07, 6.45) is 1.66. The first-order chi connectivity index (χ1) is 8.83. The molecule has 0 spiro atoms. The zero-order chi connectivity index (χ0) is 12.4. The van der Waals surface area contributed by atoms with E-state index in [1.165, 1.54) is 5.56 Å². The van der Waals surface area contributed by atoms with Crippen LogP contribution in [0.5, 0.6) is 0 Å². The van der Waals surface area contributed by atoms with Crippen molar-refractivity contribution in [3.8, 4) is 0 Å². The highest BCUT2D eigenvalue weighted by atomic mass is 15.0. The summed E-state index contributed by atoms with van der Waals surface area (Å²) in [4.78, 5) is 9.04. The van der Waals surface area contributed by atoms with E-state index in [-0.39, 0.29) is 0 Å². The third-order valence-electron chi connectivity index (χ3n) is 3.22. The van der Waals surface area contributed by atoms with Crippen molar-refractivity contribution in [3.63, 3.8) is 0 Å². The Kier molecular flexibility index (Phi) is 2.94. The third kappa shape index (κ3) is 2.19. The van der Waals surface area contributed by atoms with Gasteiger partial charge >= 0.3 is 0 Å². The molecule has 0 unspecified atom stereocenters. The average Bonchev–Trinajstić information content (AvgIpc) is 2.40. The fourth-order valence-corrected chi connectivity index (χ4v) is 2.30. The lowest BCUT2D eigenvalue weighted by Crippen LogP contribution is -2.26. The summed E-state index contributed by atoms with van der Waals surface area (Å²) < 4.78 is 0. The van der Waals surface area contributed by atoms with Gasteiger partial charge in [0.15, 0.2) is 0 Å². The highest BCUT2D eigenvalue weighted by molar-refractivity contribution is 5.44. The number of anilines is 1. The Hall–Kier alpha value is -1.94. The van der Waals surface area contributed by atoms with Gasteiger partial charge in [0.25, 0.3) is 0 Å². The Labute approximate surface area is 106 Å². The smallest absolute Gasteiger partial charge is 0.135 e. The molecule has 3 rings (SSSR count). The molecule has 2 aromatic rings. The first-order valence-corrected chi connectivity index (χ1v) is 6.22. The SMILES string of the molecule is Nc1nc(Cc2ccccc2)nc2c1CCNC2. The highest BCUT2D eigenvalue weighted by Crippen LogP contribution is 2.18. The van der Waals surface area contributed by atoms with Gasteiger partial charge in [0, 0.05) is 18.5 Å². The number of nitrogens with two attached hydrogens (primary N) is 1. The van der Waals surface area contributed by atoms with Crippen LogP contribution in [-0.2, 0) is 19.4 Å². The van der Waals surface area contributed by atoms with Crippen molar-refractivity contribution in [1.82, 2.24) is 15.3 Å². The van der Waals surface area contributed by atoms with Gasteiger partial charge in [-0.2, -0.15) is 0 Å². The summed E-state index contributed by atoms with van der Waals surface area (Å²) in [5.74, 6) is 1.45. The number of nitrogen functional groups attached to an aromatic ring is 1. The molecule has 2 heterocycles. The van der Waals surface area contributed by atoms with Crippen LogP contribution in [0, 0.1) is 0 Å².